The highest BCUT2D eigenvalue weighted by atomic mass is 16.4. The topological polar surface area (TPSA) is 75.4 Å². The standard InChI is InChI=1S/C10H15N3O3/c1-7(10(15)16)6-12(2)9(14)8-4-5-13(3)11-8/h4-5,7H,6H2,1-3H3,(H,15,16). The van der Waals surface area contributed by atoms with Crippen LogP contribution in [-0.2, 0) is 11.8 Å². The molecule has 0 aliphatic rings. The lowest BCUT2D eigenvalue weighted by atomic mass is 10.2. The average molecular weight is 225 g/mol. The first-order valence-corrected chi connectivity index (χ1v) is 4.89. The van der Waals surface area contributed by atoms with E-state index in [0.717, 1.165) is 0 Å². The fourth-order valence-electron chi connectivity index (χ4n) is 1.30. The van der Waals surface area contributed by atoms with E-state index in [0.29, 0.717) is 5.69 Å². The molecule has 0 aromatic carbocycles. The maximum Gasteiger partial charge on any atom is 0.308 e. The van der Waals surface area contributed by atoms with Gasteiger partial charge in [-0.05, 0) is 6.07 Å². The maximum absolute atomic E-state index is 11.8. The number of aromatic nitrogens is 2. The zero-order valence-corrected chi connectivity index (χ0v) is 9.54. The fourth-order valence-corrected chi connectivity index (χ4v) is 1.30. The summed E-state index contributed by atoms with van der Waals surface area (Å²) in [6, 6.07) is 1.60. The minimum atomic E-state index is -0.916. The van der Waals surface area contributed by atoms with Gasteiger partial charge < -0.3 is 10.0 Å². The maximum atomic E-state index is 11.8. The second kappa shape index (κ2) is 4.78. The molecule has 0 saturated heterocycles. The van der Waals surface area contributed by atoms with Crippen LogP contribution in [0.25, 0.3) is 0 Å². The third-order valence-corrected chi connectivity index (χ3v) is 2.25. The van der Waals surface area contributed by atoms with Crippen molar-refractivity contribution in [3.8, 4) is 0 Å². The predicted molar refractivity (Wildman–Crippen MR) is 57.0 cm³/mol. The molecule has 1 amide bonds. The molecule has 16 heavy (non-hydrogen) atoms. The van der Waals surface area contributed by atoms with E-state index in [-0.39, 0.29) is 12.5 Å². The molecule has 0 saturated carbocycles. The first-order chi connectivity index (χ1) is 7.41. The number of carboxylic acid groups (broad SMARTS) is 1. The number of carbonyl (C=O) groups is 2. The first kappa shape index (κ1) is 12.2. The zero-order valence-electron chi connectivity index (χ0n) is 9.54. The van der Waals surface area contributed by atoms with Crippen LogP contribution in [0.15, 0.2) is 12.3 Å². The van der Waals surface area contributed by atoms with Gasteiger partial charge in [-0.3, -0.25) is 14.3 Å². The van der Waals surface area contributed by atoms with Gasteiger partial charge in [0, 0.05) is 26.8 Å². The van der Waals surface area contributed by atoms with Crippen molar-refractivity contribution in [2.45, 2.75) is 6.92 Å². The van der Waals surface area contributed by atoms with Gasteiger partial charge in [-0.1, -0.05) is 6.92 Å². The minimum Gasteiger partial charge on any atom is -0.481 e. The number of aliphatic carboxylic acids is 1. The molecule has 0 fully saturated rings. The Morgan fingerprint density at radius 3 is 2.69 bits per heavy atom. The molecule has 1 unspecified atom stereocenters. The monoisotopic (exact) mass is 225 g/mol. The van der Waals surface area contributed by atoms with E-state index in [9.17, 15) is 9.59 Å². The minimum absolute atomic E-state index is 0.171. The molecule has 0 bridgehead atoms. The van der Waals surface area contributed by atoms with Gasteiger partial charge in [-0.25, -0.2) is 0 Å². The lowest BCUT2D eigenvalue weighted by Crippen LogP contribution is -2.33. The van der Waals surface area contributed by atoms with Crippen molar-refractivity contribution in [1.82, 2.24) is 14.7 Å². The van der Waals surface area contributed by atoms with Crippen LogP contribution in [0.2, 0.25) is 0 Å². The van der Waals surface area contributed by atoms with E-state index < -0.39 is 11.9 Å². The molecule has 0 radical (unpaired) electrons. The molecular weight excluding hydrogens is 210 g/mol. The summed E-state index contributed by atoms with van der Waals surface area (Å²) >= 11 is 0. The van der Waals surface area contributed by atoms with Gasteiger partial charge in [0.1, 0.15) is 5.69 Å². The van der Waals surface area contributed by atoms with E-state index in [1.807, 2.05) is 0 Å². The Morgan fingerprint density at radius 2 is 2.25 bits per heavy atom. The van der Waals surface area contributed by atoms with Crippen LogP contribution in [0.1, 0.15) is 17.4 Å². The molecule has 0 aliphatic heterocycles. The number of rotatable bonds is 4. The lowest BCUT2D eigenvalue weighted by Gasteiger charge is -2.18. The Morgan fingerprint density at radius 1 is 1.62 bits per heavy atom. The van der Waals surface area contributed by atoms with Crippen LogP contribution >= 0.6 is 0 Å². The Bertz CT molecular complexity index is 400. The smallest absolute Gasteiger partial charge is 0.308 e. The Labute approximate surface area is 93.5 Å². The second-order valence-corrected chi connectivity index (χ2v) is 3.80. The number of amides is 1. The zero-order chi connectivity index (χ0) is 12.3. The highest BCUT2D eigenvalue weighted by Crippen LogP contribution is 2.04. The molecule has 0 spiro atoms. The third kappa shape index (κ3) is 2.82. The Hall–Kier alpha value is -1.85. The number of aryl methyl sites for hydroxylation is 1. The van der Waals surface area contributed by atoms with Crippen LogP contribution in [0.3, 0.4) is 0 Å². The number of nitrogens with zero attached hydrogens (tertiary/aromatic N) is 3. The second-order valence-electron chi connectivity index (χ2n) is 3.80. The van der Waals surface area contributed by atoms with Crippen molar-refractivity contribution in [1.29, 1.82) is 0 Å². The van der Waals surface area contributed by atoms with E-state index in [1.165, 1.54) is 9.58 Å². The largest absolute Gasteiger partial charge is 0.481 e. The van der Waals surface area contributed by atoms with Crippen molar-refractivity contribution in [2.24, 2.45) is 13.0 Å². The van der Waals surface area contributed by atoms with Crippen LogP contribution in [0.5, 0.6) is 0 Å². The molecule has 1 atom stereocenters. The van der Waals surface area contributed by atoms with Crippen LogP contribution < -0.4 is 0 Å². The van der Waals surface area contributed by atoms with Crippen molar-refractivity contribution in [2.75, 3.05) is 13.6 Å². The first-order valence-electron chi connectivity index (χ1n) is 4.89. The van der Waals surface area contributed by atoms with E-state index in [2.05, 4.69) is 5.10 Å². The summed E-state index contributed by atoms with van der Waals surface area (Å²) in [6.45, 7) is 1.73. The SMILES string of the molecule is CC(CN(C)C(=O)c1ccn(C)n1)C(=O)O. The molecular formula is C10H15N3O3. The molecule has 1 heterocycles. The predicted octanol–water partition coefficient (Wildman–Crippen LogP) is 0.213. The van der Waals surface area contributed by atoms with Crippen LogP contribution in [-0.4, -0.2) is 45.3 Å². The molecule has 88 valence electrons. The molecule has 1 aromatic heterocycles. The molecule has 0 aliphatic carbocycles. The number of hydrogen-bond donors (Lipinski definition) is 1. The summed E-state index contributed by atoms with van der Waals surface area (Å²) in [6.07, 6.45) is 1.67. The quantitative estimate of drug-likeness (QED) is 0.795. The van der Waals surface area contributed by atoms with Gasteiger partial charge in [0.2, 0.25) is 0 Å². The lowest BCUT2D eigenvalue weighted by molar-refractivity contribution is -0.141. The van der Waals surface area contributed by atoms with Gasteiger partial charge >= 0.3 is 5.97 Å². The third-order valence-electron chi connectivity index (χ3n) is 2.25. The van der Waals surface area contributed by atoms with Gasteiger partial charge in [-0.15, -0.1) is 0 Å². The van der Waals surface area contributed by atoms with Crippen LogP contribution in [0, 0.1) is 5.92 Å². The Balaban J connectivity index is 2.64. The highest BCUT2D eigenvalue weighted by molar-refractivity contribution is 5.92. The normalized spacial score (nSPS) is 12.2. The van der Waals surface area contributed by atoms with Crippen molar-refractivity contribution in [3.63, 3.8) is 0 Å². The van der Waals surface area contributed by atoms with Gasteiger partial charge in [-0.2, -0.15) is 5.10 Å². The van der Waals surface area contributed by atoms with Crippen molar-refractivity contribution in [3.05, 3.63) is 18.0 Å². The Kier molecular flexibility index (Phi) is 3.65. The van der Waals surface area contributed by atoms with Crippen molar-refractivity contribution < 1.29 is 14.7 Å². The van der Waals surface area contributed by atoms with E-state index in [4.69, 9.17) is 5.11 Å². The number of hydrogen-bond acceptors (Lipinski definition) is 3. The fraction of sp³-hybridized carbons (Fsp3) is 0.500. The van der Waals surface area contributed by atoms with Gasteiger partial charge in [0.05, 0.1) is 5.92 Å². The highest BCUT2D eigenvalue weighted by Gasteiger charge is 2.19. The van der Waals surface area contributed by atoms with E-state index >= 15 is 0 Å². The van der Waals surface area contributed by atoms with Crippen LogP contribution in [0.4, 0.5) is 0 Å². The molecule has 1 N–H and O–H groups in total. The summed E-state index contributed by atoms with van der Waals surface area (Å²) in [5.74, 6) is -1.77. The summed E-state index contributed by atoms with van der Waals surface area (Å²) in [5.41, 5.74) is 0.322. The summed E-state index contributed by atoms with van der Waals surface area (Å²) in [4.78, 5) is 23.8. The van der Waals surface area contributed by atoms with Gasteiger partial charge in [0.15, 0.2) is 0 Å². The van der Waals surface area contributed by atoms with Gasteiger partial charge in [0.25, 0.3) is 5.91 Å². The summed E-state index contributed by atoms with van der Waals surface area (Å²) in [7, 11) is 3.28. The summed E-state index contributed by atoms with van der Waals surface area (Å²) < 4.78 is 1.53. The van der Waals surface area contributed by atoms with Crippen molar-refractivity contribution >= 4 is 11.9 Å². The summed E-state index contributed by atoms with van der Waals surface area (Å²) in [5, 5.41) is 12.7. The molecule has 6 heteroatoms. The number of carboxylic acids is 1. The number of carbonyl (C=O) groups excluding carboxylic acids is 1. The van der Waals surface area contributed by atoms with E-state index in [1.54, 1.807) is 33.3 Å². The average Bonchev–Trinajstić information content (AvgIpc) is 2.63. The molecule has 1 aromatic rings. The molecule has 6 nitrogen and oxygen atoms in total. The molecule has 1 rings (SSSR count).